The second-order valence-corrected chi connectivity index (χ2v) is 2.83. The Balaban J connectivity index is 3.15. The van der Waals surface area contributed by atoms with Gasteiger partial charge in [0.05, 0.1) is 17.7 Å². The highest BCUT2D eigenvalue weighted by Gasteiger charge is 2.13. The van der Waals surface area contributed by atoms with Gasteiger partial charge in [-0.25, -0.2) is 4.79 Å². The van der Waals surface area contributed by atoms with E-state index in [-0.39, 0.29) is 0 Å². The number of benzene rings is 1. The van der Waals surface area contributed by atoms with Gasteiger partial charge in [-0.05, 0) is 25.5 Å². The van der Waals surface area contributed by atoms with Gasteiger partial charge in [-0.3, -0.25) is 0 Å². The summed E-state index contributed by atoms with van der Waals surface area (Å²) in [6.07, 6.45) is 0. The Hall–Kier alpha value is -1.82. The lowest BCUT2D eigenvalue weighted by molar-refractivity contribution is 0.0526. The van der Waals surface area contributed by atoms with Gasteiger partial charge in [0.15, 0.2) is 0 Å². The molecule has 0 N–H and O–H groups in total. The second kappa shape index (κ2) is 4.43. The molecule has 0 atom stereocenters. The third-order valence-electron chi connectivity index (χ3n) is 1.88. The molecule has 0 amide bonds. The van der Waals surface area contributed by atoms with E-state index < -0.39 is 5.97 Å². The molecule has 0 radical (unpaired) electrons. The third kappa shape index (κ3) is 1.91. The molecular weight excluding hydrogens is 178 g/mol. The van der Waals surface area contributed by atoms with Crippen LogP contribution in [0.3, 0.4) is 0 Å². The van der Waals surface area contributed by atoms with Crippen LogP contribution in [0, 0.1) is 18.3 Å². The molecule has 0 saturated heterocycles. The maximum absolute atomic E-state index is 11.4. The molecule has 3 nitrogen and oxygen atoms in total. The van der Waals surface area contributed by atoms with E-state index in [0.29, 0.717) is 17.7 Å². The molecule has 0 heterocycles. The van der Waals surface area contributed by atoms with Crippen molar-refractivity contribution in [2.24, 2.45) is 0 Å². The van der Waals surface area contributed by atoms with Crippen LogP contribution in [0.5, 0.6) is 0 Å². The van der Waals surface area contributed by atoms with Gasteiger partial charge in [0.1, 0.15) is 6.07 Å². The fraction of sp³-hybridized carbons (Fsp3) is 0.273. The second-order valence-electron chi connectivity index (χ2n) is 2.83. The lowest BCUT2D eigenvalue weighted by Gasteiger charge is -2.05. The van der Waals surface area contributed by atoms with Gasteiger partial charge < -0.3 is 4.74 Å². The molecular formula is C11H11NO2. The molecule has 0 unspecified atom stereocenters. The largest absolute Gasteiger partial charge is 0.462 e. The normalized spacial score (nSPS) is 9.21. The van der Waals surface area contributed by atoms with Crippen molar-refractivity contribution in [1.82, 2.24) is 0 Å². The molecule has 3 heteroatoms. The number of nitrogens with zero attached hydrogens (tertiary/aromatic N) is 1. The monoisotopic (exact) mass is 189 g/mol. The van der Waals surface area contributed by atoms with Gasteiger partial charge in [-0.2, -0.15) is 5.26 Å². The number of carbonyl (C=O) groups excluding carboxylic acids is 1. The molecule has 1 aromatic carbocycles. The average Bonchev–Trinajstić information content (AvgIpc) is 2.17. The summed E-state index contributed by atoms with van der Waals surface area (Å²) in [5, 5.41) is 8.86. The van der Waals surface area contributed by atoms with Crippen molar-refractivity contribution >= 4 is 5.97 Å². The Morgan fingerprint density at radius 2 is 2.29 bits per heavy atom. The first-order valence-corrected chi connectivity index (χ1v) is 4.37. The van der Waals surface area contributed by atoms with E-state index in [1.54, 1.807) is 32.0 Å². The summed E-state index contributed by atoms with van der Waals surface area (Å²) in [5.41, 5.74) is 1.53. The van der Waals surface area contributed by atoms with Crippen molar-refractivity contribution in [2.75, 3.05) is 6.61 Å². The predicted octanol–water partition coefficient (Wildman–Crippen LogP) is 2.04. The summed E-state index contributed by atoms with van der Waals surface area (Å²) < 4.78 is 4.84. The molecule has 0 aliphatic carbocycles. The van der Waals surface area contributed by atoms with Crippen LogP contribution in [0.4, 0.5) is 0 Å². The minimum Gasteiger partial charge on any atom is -0.462 e. The van der Waals surface area contributed by atoms with Crippen LogP contribution in [-0.4, -0.2) is 12.6 Å². The standard InChI is InChI=1S/C11H11NO2/c1-3-14-11(13)9-6-4-5-8(2)10(9)7-12/h4-6H,3H2,1-2H3. The van der Waals surface area contributed by atoms with Crippen LogP contribution in [0.15, 0.2) is 18.2 Å². The Bertz CT molecular complexity index is 391. The fourth-order valence-electron chi connectivity index (χ4n) is 1.20. The maximum Gasteiger partial charge on any atom is 0.339 e. The van der Waals surface area contributed by atoms with Crippen molar-refractivity contribution in [3.63, 3.8) is 0 Å². The Morgan fingerprint density at radius 1 is 1.57 bits per heavy atom. The molecule has 0 aliphatic heterocycles. The van der Waals surface area contributed by atoms with Crippen molar-refractivity contribution < 1.29 is 9.53 Å². The summed E-state index contributed by atoms with van der Waals surface area (Å²) in [5.74, 6) is -0.437. The summed E-state index contributed by atoms with van der Waals surface area (Å²) >= 11 is 0. The molecule has 0 bridgehead atoms. The number of hydrogen-bond donors (Lipinski definition) is 0. The van der Waals surface area contributed by atoms with Crippen LogP contribution in [-0.2, 0) is 4.74 Å². The average molecular weight is 189 g/mol. The van der Waals surface area contributed by atoms with Gasteiger partial charge in [-0.1, -0.05) is 12.1 Å². The Morgan fingerprint density at radius 3 is 2.86 bits per heavy atom. The van der Waals surface area contributed by atoms with Crippen LogP contribution in [0.25, 0.3) is 0 Å². The quantitative estimate of drug-likeness (QED) is 0.669. The molecule has 1 rings (SSSR count). The lowest BCUT2D eigenvalue weighted by atomic mass is 10.0. The highest BCUT2D eigenvalue weighted by molar-refractivity contribution is 5.92. The Labute approximate surface area is 82.9 Å². The van der Waals surface area contributed by atoms with Crippen LogP contribution >= 0.6 is 0 Å². The molecule has 14 heavy (non-hydrogen) atoms. The molecule has 72 valence electrons. The van der Waals surface area contributed by atoms with Gasteiger partial charge in [0.25, 0.3) is 0 Å². The topological polar surface area (TPSA) is 50.1 Å². The van der Waals surface area contributed by atoms with Gasteiger partial charge in [0, 0.05) is 0 Å². The minimum atomic E-state index is -0.437. The van der Waals surface area contributed by atoms with E-state index in [4.69, 9.17) is 10.00 Å². The van der Waals surface area contributed by atoms with Crippen molar-refractivity contribution in [1.29, 1.82) is 5.26 Å². The number of rotatable bonds is 2. The van der Waals surface area contributed by atoms with E-state index >= 15 is 0 Å². The summed E-state index contributed by atoms with van der Waals surface area (Å²) in [7, 11) is 0. The van der Waals surface area contributed by atoms with E-state index in [0.717, 1.165) is 5.56 Å². The number of aryl methyl sites for hydroxylation is 1. The Kier molecular flexibility index (Phi) is 3.24. The highest BCUT2D eigenvalue weighted by Crippen LogP contribution is 2.13. The zero-order chi connectivity index (χ0) is 10.6. The van der Waals surface area contributed by atoms with Crippen LogP contribution in [0.1, 0.15) is 28.4 Å². The smallest absolute Gasteiger partial charge is 0.339 e. The van der Waals surface area contributed by atoms with Gasteiger partial charge in [0.2, 0.25) is 0 Å². The first kappa shape index (κ1) is 10.3. The number of nitriles is 1. The molecule has 0 spiro atoms. The molecule has 1 aromatic rings. The zero-order valence-electron chi connectivity index (χ0n) is 8.20. The van der Waals surface area contributed by atoms with E-state index in [9.17, 15) is 4.79 Å². The summed E-state index contributed by atoms with van der Waals surface area (Å²) in [6.45, 7) is 3.85. The third-order valence-corrected chi connectivity index (χ3v) is 1.88. The van der Waals surface area contributed by atoms with Crippen LogP contribution < -0.4 is 0 Å². The first-order valence-electron chi connectivity index (χ1n) is 4.37. The summed E-state index contributed by atoms with van der Waals surface area (Å²) in [4.78, 5) is 11.4. The molecule has 0 fully saturated rings. The SMILES string of the molecule is CCOC(=O)c1cccc(C)c1C#N. The highest BCUT2D eigenvalue weighted by atomic mass is 16.5. The predicted molar refractivity (Wildman–Crippen MR) is 51.9 cm³/mol. The van der Waals surface area contributed by atoms with E-state index in [2.05, 4.69) is 0 Å². The van der Waals surface area contributed by atoms with Crippen molar-refractivity contribution in [2.45, 2.75) is 13.8 Å². The molecule has 0 aromatic heterocycles. The fourth-order valence-corrected chi connectivity index (χ4v) is 1.20. The van der Waals surface area contributed by atoms with Crippen molar-refractivity contribution in [3.8, 4) is 6.07 Å². The first-order chi connectivity index (χ1) is 6.70. The zero-order valence-corrected chi connectivity index (χ0v) is 8.20. The van der Waals surface area contributed by atoms with Crippen LogP contribution in [0.2, 0.25) is 0 Å². The molecule has 0 saturated carbocycles. The summed E-state index contributed by atoms with van der Waals surface area (Å²) in [6, 6.07) is 7.13. The maximum atomic E-state index is 11.4. The van der Waals surface area contributed by atoms with Gasteiger partial charge in [-0.15, -0.1) is 0 Å². The van der Waals surface area contributed by atoms with E-state index in [1.165, 1.54) is 0 Å². The number of esters is 1. The van der Waals surface area contributed by atoms with Crippen molar-refractivity contribution in [3.05, 3.63) is 34.9 Å². The van der Waals surface area contributed by atoms with E-state index in [1.807, 2.05) is 6.07 Å². The van der Waals surface area contributed by atoms with Gasteiger partial charge >= 0.3 is 5.97 Å². The minimum absolute atomic E-state index is 0.317. The molecule has 0 aliphatic rings. The number of ether oxygens (including phenoxy) is 1. The number of carbonyl (C=O) groups is 1. The lowest BCUT2D eigenvalue weighted by Crippen LogP contribution is -2.07. The number of hydrogen-bond acceptors (Lipinski definition) is 3.